The first-order chi connectivity index (χ1) is 10.4. The van der Waals surface area contributed by atoms with Crippen LogP contribution in [0.3, 0.4) is 0 Å². The average molecular weight is 302 g/mol. The minimum atomic E-state index is 0.823. The fourth-order valence-corrected chi connectivity index (χ4v) is 2.71. The van der Waals surface area contributed by atoms with Crippen molar-refractivity contribution < 1.29 is 0 Å². The molecule has 0 unspecified atom stereocenters. The lowest BCUT2D eigenvalue weighted by atomic mass is 10.2. The number of nitrogens with one attached hydrogen (secondary N) is 1. The molecule has 1 aromatic carbocycles. The van der Waals surface area contributed by atoms with E-state index >= 15 is 0 Å². The van der Waals surface area contributed by atoms with E-state index in [0.29, 0.717) is 0 Å². The molecule has 0 saturated heterocycles. The summed E-state index contributed by atoms with van der Waals surface area (Å²) in [6.45, 7) is 7.04. The summed E-state index contributed by atoms with van der Waals surface area (Å²) in [5, 5.41) is 3.43. The van der Waals surface area contributed by atoms with Crippen LogP contribution in [0.2, 0.25) is 0 Å². The van der Waals surface area contributed by atoms with Crippen molar-refractivity contribution >= 4 is 17.6 Å². The van der Waals surface area contributed by atoms with Gasteiger partial charge >= 0.3 is 0 Å². The second-order valence-electron chi connectivity index (χ2n) is 4.40. The molecule has 1 N–H and O–H groups in total. The number of benzene rings is 1. The Morgan fingerprint density at radius 1 is 1.05 bits per heavy atom. The SMILES string of the molecule is CC.CCCSCc1cccnc1NCc1ccccc1. The highest BCUT2D eigenvalue weighted by Gasteiger charge is 2.03. The number of pyridine rings is 1. The molecule has 114 valence electrons. The minimum absolute atomic E-state index is 0.823. The fourth-order valence-electron chi connectivity index (χ4n) is 1.82. The molecule has 0 aliphatic rings. The van der Waals surface area contributed by atoms with Crippen molar-refractivity contribution in [1.29, 1.82) is 0 Å². The van der Waals surface area contributed by atoms with Crippen LogP contribution in [-0.2, 0) is 12.3 Å². The smallest absolute Gasteiger partial charge is 0.130 e. The largest absolute Gasteiger partial charge is 0.366 e. The van der Waals surface area contributed by atoms with Gasteiger partial charge in [0.2, 0.25) is 0 Å². The Morgan fingerprint density at radius 2 is 1.81 bits per heavy atom. The molecule has 0 atom stereocenters. The number of rotatable bonds is 7. The van der Waals surface area contributed by atoms with Gasteiger partial charge in [0.25, 0.3) is 0 Å². The number of hydrogen-bond acceptors (Lipinski definition) is 3. The van der Waals surface area contributed by atoms with Gasteiger partial charge in [-0.3, -0.25) is 0 Å². The average Bonchev–Trinajstić information content (AvgIpc) is 2.57. The highest BCUT2D eigenvalue weighted by Crippen LogP contribution is 2.19. The second kappa shape index (κ2) is 11.2. The van der Waals surface area contributed by atoms with Crippen LogP contribution in [0, 0.1) is 0 Å². The predicted octanol–water partition coefficient (Wildman–Crippen LogP) is 5.36. The zero-order valence-corrected chi connectivity index (χ0v) is 14.1. The Bertz CT molecular complexity index is 486. The third kappa shape index (κ3) is 6.67. The van der Waals surface area contributed by atoms with Crippen LogP contribution in [0.4, 0.5) is 5.82 Å². The van der Waals surface area contributed by atoms with Crippen LogP contribution >= 0.6 is 11.8 Å². The van der Waals surface area contributed by atoms with Gasteiger partial charge in [-0.1, -0.05) is 57.2 Å². The summed E-state index contributed by atoms with van der Waals surface area (Å²) in [7, 11) is 0. The van der Waals surface area contributed by atoms with E-state index in [2.05, 4.69) is 47.6 Å². The van der Waals surface area contributed by atoms with E-state index < -0.39 is 0 Å². The summed E-state index contributed by atoms with van der Waals surface area (Å²) < 4.78 is 0. The molecule has 21 heavy (non-hydrogen) atoms. The lowest BCUT2D eigenvalue weighted by Crippen LogP contribution is -2.04. The summed E-state index contributed by atoms with van der Waals surface area (Å²) in [6, 6.07) is 14.6. The number of aromatic nitrogens is 1. The first-order valence-electron chi connectivity index (χ1n) is 7.69. The van der Waals surface area contributed by atoms with E-state index in [-0.39, 0.29) is 0 Å². The maximum atomic E-state index is 4.45. The van der Waals surface area contributed by atoms with E-state index in [1.54, 1.807) is 0 Å². The van der Waals surface area contributed by atoms with Crippen LogP contribution in [-0.4, -0.2) is 10.7 Å². The predicted molar refractivity (Wildman–Crippen MR) is 95.8 cm³/mol. The van der Waals surface area contributed by atoms with Crippen molar-refractivity contribution in [2.75, 3.05) is 11.1 Å². The van der Waals surface area contributed by atoms with Crippen LogP contribution in [0.5, 0.6) is 0 Å². The summed E-state index contributed by atoms with van der Waals surface area (Å²) in [6.07, 6.45) is 3.07. The maximum Gasteiger partial charge on any atom is 0.130 e. The van der Waals surface area contributed by atoms with Crippen molar-refractivity contribution in [2.24, 2.45) is 0 Å². The normalized spacial score (nSPS) is 9.67. The number of anilines is 1. The maximum absolute atomic E-state index is 4.45. The van der Waals surface area contributed by atoms with Crippen LogP contribution in [0.1, 0.15) is 38.3 Å². The Kier molecular flexibility index (Phi) is 9.38. The molecule has 2 nitrogen and oxygen atoms in total. The molecule has 1 heterocycles. The van der Waals surface area contributed by atoms with E-state index in [4.69, 9.17) is 0 Å². The second-order valence-corrected chi connectivity index (χ2v) is 5.51. The molecule has 0 spiro atoms. The van der Waals surface area contributed by atoms with Crippen LogP contribution in [0.15, 0.2) is 48.7 Å². The summed E-state index contributed by atoms with van der Waals surface area (Å²) in [5.41, 5.74) is 2.57. The quantitative estimate of drug-likeness (QED) is 0.697. The van der Waals surface area contributed by atoms with Gasteiger partial charge in [0.05, 0.1) is 0 Å². The van der Waals surface area contributed by atoms with Crippen molar-refractivity contribution in [3.63, 3.8) is 0 Å². The molecule has 0 aliphatic heterocycles. The zero-order chi connectivity index (χ0) is 15.3. The minimum Gasteiger partial charge on any atom is -0.366 e. The molecule has 3 heteroatoms. The van der Waals surface area contributed by atoms with Gasteiger partial charge in [0.1, 0.15) is 5.82 Å². The topological polar surface area (TPSA) is 24.9 Å². The first kappa shape index (κ1) is 17.6. The van der Waals surface area contributed by atoms with Gasteiger partial charge in [-0.05, 0) is 23.8 Å². The van der Waals surface area contributed by atoms with Crippen molar-refractivity contribution in [1.82, 2.24) is 4.98 Å². The lowest BCUT2D eigenvalue weighted by Gasteiger charge is -2.10. The molecular weight excluding hydrogens is 276 g/mol. The molecule has 0 fully saturated rings. The van der Waals surface area contributed by atoms with E-state index in [1.807, 2.05) is 43.9 Å². The zero-order valence-electron chi connectivity index (χ0n) is 13.3. The van der Waals surface area contributed by atoms with E-state index in [9.17, 15) is 0 Å². The van der Waals surface area contributed by atoms with Gasteiger partial charge in [-0.15, -0.1) is 0 Å². The number of nitrogens with zero attached hydrogens (tertiary/aromatic N) is 1. The molecule has 2 rings (SSSR count). The number of hydrogen-bond donors (Lipinski definition) is 1. The lowest BCUT2D eigenvalue weighted by molar-refractivity contribution is 1.09. The van der Waals surface area contributed by atoms with Crippen LogP contribution < -0.4 is 5.32 Å². The summed E-state index contributed by atoms with van der Waals surface area (Å²) in [5.74, 6) is 3.24. The highest BCUT2D eigenvalue weighted by atomic mass is 32.2. The summed E-state index contributed by atoms with van der Waals surface area (Å²) >= 11 is 1.96. The molecular formula is C18H26N2S. The monoisotopic (exact) mass is 302 g/mol. The highest BCUT2D eigenvalue weighted by molar-refractivity contribution is 7.98. The van der Waals surface area contributed by atoms with Gasteiger partial charge in [0.15, 0.2) is 0 Å². The van der Waals surface area contributed by atoms with E-state index in [1.165, 1.54) is 23.3 Å². The third-order valence-electron chi connectivity index (χ3n) is 2.80. The Morgan fingerprint density at radius 3 is 2.52 bits per heavy atom. The van der Waals surface area contributed by atoms with Crippen molar-refractivity contribution in [2.45, 2.75) is 39.5 Å². The van der Waals surface area contributed by atoms with E-state index in [0.717, 1.165) is 18.1 Å². The van der Waals surface area contributed by atoms with Crippen LogP contribution in [0.25, 0.3) is 0 Å². The van der Waals surface area contributed by atoms with Gasteiger partial charge in [-0.2, -0.15) is 11.8 Å². The van der Waals surface area contributed by atoms with Gasteiger partial charge in [0, 0.05) is 24.1 Å². The first-order valence-corrected chi connectivity index (χ1v) is 8.85. The molecule has 0 aliphatic carbocycles. The van der Waals surface area contributed by atoms with Crippen molar-refractivity contribution in [3.05, 3.63) is 59.8 Å². The molecule has 0 bridgehead atoms. The molecule has 0 radical (unpaired) electrons. The van der Waals surface area contributed by atoms with Gasteiger partial charge in [-0.25, -0.2) is 4.98 Å². The Balaban J connectivity index is 0.00000106. The molecule has 0 saturated carbocycles. The van der Waals surface area contributed by atoms with Gasteiger partial charge < -0.3 is 5.32 Å². The fraction of sp³-hybridized carbons (Fsp3) is 0.389. The Labute approximate surface area is 133 Å². The molecule has 2 aromatic rings. The molecule has 1 aromatic heterocycles. The number of thioether (sulfide) groups is 1. The molecule has 0 amide bonds. The Hall–Kier alpha value is -1.48. The van der Waals surface area contributed by atoms with Crippen molar-refractivity contribution in [3.8, 4) is 0 Å². The standard InChI is InChI=1S/C16H20N2S.C2H6/c1-2-11-19-13-15-9-6-10-17-16(15)18-12-14-7-4-3-5-8-14;1-2/h3-10H,2,11-13H2,1H3,(H,17,18);1-2H3. The third-order valence-corrected chi connectivity index (χ3v) is 4.01. The summed E-state index contributed by atoms with van der Waals surface area (Å²) in [4.78, 5) is 4.45.